The van der Waals surface area contributed by atoms with Crippen LogP contribution in [-0.2, 0) is 11.3 Å². The van der Waals surface area contributed by atoms with E-state index in [0.29, 0.717) is 18.5 Å². The van der Waals surface area contributed by atoms with Gasteiger partial charge in [-0.2, -0.15) is 0 Å². The quantitative estimate of drug-likeness (QED) is 0.521. The van der Waals surface area contributed by atoms with Crippen molar-refractivity contribution in [1.29, 1.82) is 0 Å². The van der Waals surface area contributed by atoms with Crippen LogP contribution in [0.15, 0.2) is 73.4 Å². The summed E-state index contributed by atoms with van der Waals surface area (Å²) in [5.74, 6) is 0.813. The van der Waals surface area contributed by atoms with Gasteiger partial charge in [-0.1, -0.05) is 65.9 Å². The zero-order valence-electron chi connectivity index (χ0n) is 19.2. The largest absolute Gasteiger partial charge is 0.342 e. The Morgan fingerprint density at radius 2 is 1.85 bits per heavy atom. The summed E-state index contributed by atoms with van der Waals surface area (Å²) in [6, 6.07) is 19.3. The van der Waals surface area contributed by atoms with E-state index in [2.05, 4.69) is 70.3 Å². The van der Waals surface area contributed by atoms with Crippen LogP contribution in [0.3, 0.4) is 0 Å². The van der Waals surface area contributed by atoms with Crippen molar-refractivity contribution in [2.75, 3.05) is 26.7 Å². The van der Waals surface area contributed by atoms with Gasteiger partial charge in [0.25, 0.3) is 0 Å². The Labute approximate surface area is 195 Å². The zero-order chi connectivity index (χ0) is 22.8. The van der Waals surface area contributed by atoms with E-state index >= 15 is 0 Å². The van der Waals surface area contributed by atoms with Crippen molar-refractivity contribution in [1.82, 2.24) is 24.8 Å². The fraction of sp³-hybridized carbons (Fsp3) is 0.370. The highest BCUT2D eigenvalue weighted by molar-refractivity contribution is 5.79. The molecule has 4 heterocycles. The van der Waals surface area contributed by atoms with E-state index in [0.717, 1.165) is 43.7 Å². The summed E-state index contributed by atoms with van der Waals surface area (Å²) in [6.07, 6.45) is 5.98. The molecule has 2 bridgehead atoms. The summed E-state index contributed by atoms with van der Waals surface area (Å²) in [6.45, 7) is 7.09. The maximum atomic E-state index is 12.8. The molecule has 6 rings (SSSR count). The van der Waals surface area contributed by atoms with Gasteiger partial charge in [-0.3, -0.25) is 14.4 Å². The first-order chi connectivity index (χ1) is 16.1. The molecule has 6 nitrogen and oxygen atoms in total. The van der Waals surface area contributed by atoms with E-state index in [4.69, 9.17) is 0 Å². The highest BCUT2D eigenvalue weighted by atomic mass is 16.2. The molecular formula is C27H31N5O. The number of hydrogen-bond acceptors (Lipinski definition) is 4. The monoisotopic (exact) mass is 441 g/mol. The third-order valence-corrected chi connectivity index (χ3v) is 7.20. The van der Waals surface area contributed by atoms with Crippen molar-refractivity contribution in [3.63, 3.8) is 0 Å². The SMILES string of the molecule is C=CCN(C)C(=O)[C@H]1CN2CC[C@H]1C[C@@H]2Cn1cc(-c2ccc(-c3ccccc3)cc2)nn1. The maximum Gasteiger partial charge on any atom is 0.227 e. The van der Waals surface area contributed by atoms with E-state index in [1.807, 2.05) is 24.0 Å². The van der Waals surface area contributed by atoms with E-state index < -0.39 is 0 Å². The first kappa shape index (κ1) is 21.6. The highest BCUT2D eigenvalue weighted by Crippen LogP contribution is 2.37. The Hall–Kier alpha value is -3.25. The Morgan fingerprint density at radius 3 is 2.55 bits per heavy atom. The van der Waals surface area contributed by atoms with Crippen molar-refractivity contribution in [3.8, 4) is 22.4 Å². The summed E-state index contributed by atoms with van der Waals surface area (Å²) in [4.78, 5) is 17.1. The molecule has 0 N–H and O–H groups in total. The average molecular weight is 442 g/mol. The summed E-state index contributed by atoms with van der Waals surface area (Å²) >= 11 is 0. The Bertz CT molecular complexity index is 1110. The molecule has 2 aromatic carbocycles. The first-order valence-electron chi connectivity index (χ1n) is 11.8. The molecule has 0 aliphatic carbocycles. The molecule has 1 aromatic heterocycles. The Balaban J connectivity index is 1.23. The molecule has 3 saturated heterocycles. The van der Waals surface area contributed by atoms with Gasteiger partial charge < -0.3 is 4.90 Å². The van der Waals surface area contributed by atoms with Crippen LogP contribution in [0.4, 0.5) is 0 Å². The first-order valence-corrected chi connectivity index (χ1v) is 11.8. The molecule has 4 atom stereocenters. The van der Waals surface area contributed by atoms with Crippen molar-refractivity contribution in [3.05, 3.63) is 73.4 Å². The number of hydrogen-bond donors (Lipinski definition) is 0. The van der Waals surface area contributed by atoms with Gasteiger partial charge >= 0.3 is 0 Å². The number of piperidine rings is 3. The van der Waals surface area contributed by atoms with E-state index in [-0.39, 0.29) is 11.8 Å². The molecule has 3 aliphatic heterocycles. The van der Waals surface area contributed by atoms with E-state index in [1.165, 1.54) is 11.1 Å². The average Bonchev–Trinajstić information content (AvgIpc) is 3.33. The number of aromatic nitrogens is 3. The molecule has 170 valence electrons. The van der Waals surface area contributed by atoms with Gasteiger partial charge in [0.05, 0.1) is 18.7 Å². The fourth-order valence-corrected chi connectivity index (χ4v) is 5.37. The van der Waals surface area contributed by atoms with Crippen molar-refractivity contribution >= 4 is 5.91 Å². The summed E-state index contributed by atoms with van der Waals surface area (Å²) in [5, 5.41) is 8.84. The van der Waals surface area contributed by atoms with E-state index in [9.17, 15) is 4.79 Å². The minimum atomic E-state index is 0.106. The third-order valence-electron chi connectivity index (χ3n) is 7.20. The Morgan fingerprint density at radius 1 is 1.12 bits per heavy atom. The number of rotatable bonds is 7. The van der Waals surface area contributed by atoms with Gasteiger partial charge in [-0.05, 0) is 36.4 Å². The van der Waals surface area contributed by atoms with Crippen LogP contribution in [0.25, 0.3) is 22.4 Å². The molecule has 33 heavy (non-hydrogen) atoms. The summed E-state index contributed by atoms with van der Waals surface area (Å²) in [7, 11) is 1.88. The predicted octanol–water partition coefficient (Wildman–Crippen LogP) is 3.97. The van der Waals surface area contributed by atoms with Crippen molar-refractivity contribution in [2.24, 2.45) is 11.8 Å². The van der Waals surface area contributed by atoms with Crippen LogP contribution >= 0.6 is 0 Å². The third kappa shape index (κ3) is 4.48. The van der Waals surface area contributed by atoms with Crippen LogP contribution in [-0.4, -0.2) is 63.4 Å². The molecule has 0 saturated carbocycles. The van der Waals surface area contributed by atoms with Crippen LogP contribution in [0.5, 0.6) is 0 Å². The molecule has 1 amide bonds. The fourth-order valence-electron chi connectivity index (χ4n) is 5.37. The molecule has 3 aromatic rings. The van der Waals surface area contributed by atoms with E-state index in [1.54, 1.807) is 11.0 Å². The standard InChI is InChI=1S/C27H31N5O/c1-3-14-30(2)27(33)25-18-31-15-13-23(25)16-24(31)17-32-19-26(28-29-32)22-11-9-21(10-12-22)20-7-5-4-6-8-20/h3-12,19,23-25H,1,13-18H2,2H3/t23-,24+,25-/m0/s1. The van der Waals surface area contributed by atoms with Gasteiger partial charge in [0, 0.05) is 31.7 Å². The smallest absolute Gasteiger partial charge is 0.227 e. The number of benzene rings is 2. The highest BCUT2D eigenvalue weighted by Gasteiger charge is 2.44. The lowest BCUT2D eigenvalue weighted by molar-refractivity contribution is -0.142. The van der Waals surface area contributed by atoms with Gasteiger partial charge in [0.2, 0.25) is 5.91 Å². The molecule has 3 aliphatic rings. The lowest BCUT2D eigenvalue weighted by Crippen LogP contribution is -2.58. The number of nitrogens with zero attached hydrogens (tertiary/aromatic N) is 5. The minimum absolute atomic E-state index is 0.106. The van der Waals surface area contributed by atoms with Crippen LogP contribution in [0.1, 0.15) is 12.8 Å². The molecular weight excluding hydrogens is 410 g/mol. The van der Waals surface area contributed by atoms with Crippen molar-refractivity contribution in [2.45, 2.75) is 25.4 Å². The summed E-state index contributed by atoms with van der Waals surface area (Å²) < 4.78 is 1.96. The zero-order valence-corrected chi connectivity index (χ0v) is 19.2. The molecule has 0 radical (unpaired) electrons. The molecule has 3 fully saturated rings. The van der Waals surface area contributed by atoms with Gasteiger partial charge in [0.1, 0.15) is 5.69 Å². The second kappa shape index (κ2) is 9.32. The lowest BCUT2D eigenvalue weighted by atomic mass is 9.75. The number of likely N-dealkylation sites (N-methyl/N-ethyl adjacent to an activating group) is 1. The number of carbonyl (C=O) groups excluding carboxylic acids is 1. The van der Waals surface area contributed by atoms with Crippen LogP contribution in [0.2, 0.25) is 0 Å². The number of fused-ring (bicyclic) bond motifs is 3. The second-order valence-electron chi connectivity index (χ2n) is 9.32. The molecule has 1 unspecified atom stereocenters. The van der Waals surface area contributed by atoms with Gasteiger partial charge in [0.15, 0.2) is 0 Å². The van der Waals surface area contributed by atoms with Gasteiger partial charge in [-0.25, -0.2) is 0 Å². The molecule has 0 spiro atoms. The topological polar surface area (TPSA) is 54.3 Å². The molecule has 6 heteroatoms. The lowest BCUT2D eigenvalue weighted by Gasteiger charge is -2.49. The van der Waals surface area contributed by atoms with Gasteiger partial charge in [-0.15, -0.1) is 11.7 Å². The van der Waals surface area contributed by atoms with Crippen LogP contribution < -0.4 is 0 Å². The van der Waals surface area contributed by atoms with Crippen molar-refractivity contribution < 1.29 is 4.79 Å². The number of carbonyl (C=O) groups is 1. The second-order valence-corrected chi connectivity index (χ2v) is 9.32. The van der Waals surface area contributed by atoms with Crippen LogP contribution in [0, 0.1) is 11.8 Å². The number of amides is 1. The summed E-state index contributed by atoms with van der Waals surface area (Å²) in [5.41, 5.74) is 4.37. The predicted molar refractivity (Wildman–Crippen MR) is 130 cm³/mol. The minimum Gasteiger partial charge on any atom is -0.342 e. The Kier molecular flexibility index (Phi) is 6.09. The normalized spacial score (nSPS) is 23.9. The maximum absolute atomic E-state index is 12.8.